The number of aryl methyl sites for hydroxylation is 1. The quantitative estimate of drug-likeness (QED) is 0.815. The van der Waals surface area contributed by atoms with Crippen LogP contribution < -0.4 is 5.73 Å². The Balaban J connectivity index is 2.33. The molecule has 1 aromatic carbocycles. The summed E-state index contributed by atoms with van der Waals surface area (Å²) >= 11 is 8.79. The third kappa shape index (κ3) is 3.13. The lowest BCUT2D eigenvalue weighted by Crippen LogP contribution is -1.94. The van der Waals surface area contributed by atoms with Crippen molar-refractivity contribution in [2.75, 3.05) is 5.73 Å². The Labute approximate surface area is 128 Å². The molecule has 0 saturated carbocycles. The van der Waals surface area contributed by atoms with Gasteiger partial charge in [-0.05, 0) is 24.1 Å². The highest BCUT2D eigenvalue weighted by molar-refractivity contribution is 9.11. The largest absolute Gasteiger partial charge is 0.375 e. The molecule has 1 aromatic heterocycles. The SMILES string of the molecule is CCCc1nc(N)sc1Cc1c(Br)cccc1Br. The van der Waals surface area contributed by atoms with Crippen molar-refractivity contribution in [2.45, 2.75) is 26.2 Å². The van der Waals surface area contributed by atoms with Crippen molar-refractivity contribution in [1.82, 2.24) is 4.98 Å². The summed E-state index contributed by atoms with van der Waals surface area (Å²) < 4.78 is 2.23. The van der Waals surface area contributed by atoms with E-state index >= 15 is 0 Å². The van der Waals surface area contributed by atoms with Crippen LogP contribution in [0.3, 0.4) is 0 Å². The Kier molecular flexibility index (Phi) is 4.81. The summed E-state index contributed by atoms with van der Waals surface area (Å²) in [4.78, 5) is 5.69. The number of benzene rings is 1. The van der Waals surface area contributed by atoms with Crippen LogP contribution in [-0.2, 0) is 12.8 Å². The Morgan fingerprint density at radius 1 is 1.28 bits per heavy atom. The van der Waals surface area contributed by atoms with Crippen LogP contribution in [-0.4, -0.2) is 4.98 Å². The third-order valence-electron chi connectivity index (χ3n) is 2.68. The van der Waals surface area contributed by atoms with Gasteiger partial charge < -0.3 is 5.73 Å². The number of nitrogen functional groups attached to an aromatic ring is 1. The maximum absolute atomic E-state index is 5.82. The van der Waals surface area contributed by atoms with E-state index in [-0.39, 0.29) is 0 Å². The lowest BCUT2D eigenvalue weighted by molar-refractivity contribution is 0.879. The first-order valence-corrected chi connectivity index (χ1v) is 8.19. The highest BCUT2D eigenvalue weighted by atomic mass is 79.9. The van der Waals surface area contributed by atoms with Crippen molar-refractivity contribution in [3.05, 3.63) is 43.3 Å². The Morgan fingerprint density at radius 2 is 1.94 bits per heavy atom. The maximum atomic E-state index is 5.82. The molecule has 96 valence electrons. The van der Waals surface area contributed by atoms with Crippen molar-refractivity contribution in [2.24, 2.45) is 0 Å². The first kappa shape index (κ1) is 14.0. The number of hydrogen-bond acceptors (Lipinski definition) is 3. The van der Waals surface area contributed by atoms with E-state index in [9.17, 15) is 0 Å². The standard InChI is InChI=1S/C13H14Br2N2S/c1-2-4-11-12(18-13(16)17-11)7-8-9(14)5-3-6-10(8)15/h3,5-6H,2,4,7H2,1H3,(H2,16,17). The van der Waals surface area contributed by atoms with Crippen LogP contribution in [0.5, 0.6) is 0 Å². The van der Waals surface area contributed by atoms with Crippen LogP contribution in [0.1, 0.15) is 29.5 Å². The summed E-state index contributed by atoms with van der Waals surface area (Å²) in [5.74, 6) is 0. The first-order chi connectivity index (χ1) is 8.61. The molecular formula is C13H14Br2N2S. The van der Waals surface area contributed by atoms with Gasteiger partial charge in [-0.25, -0.2) is 4.98 Å². The average molecular weight is 390 g/mol. The van der Waals surface area contributed by atoms with Crippen molar-refractivity contribution in [3.8, 4) is 0 Å². The van der Waals surface area contributed by atoms with E-state index in [0.717, 1.165) is 33.9 Å². The molecule has 0 fully saturated rings. The number of anilines is 1. The van der Waals surface area contributed by atoms with E-state index in [1.54, 1.807) is 11.3 Å². The normalized spacial score (nSPS) is 10.8. The number of nitrogens with two attached hydrogens (primary N) is 1. The molecule has 0 bridgehead atoms. The van der Waals surface area contributed by atoms with Crippen LogP contribution in [0, 0.1) is 0 Å². The second kappa shape index (κ2) is 6.17. The Morgan fingerprint density at radius 3 is 2.56 bits per heavy atom. The second-order valence-corrected chi connectivity index (χ2v) is 6.87. The van der Waals surface area contributed by atoms with Gasteiger partial charge >= 0.3 is 0 Å². The van der Waals surface area contributed by atoms with Gasteiger partial charge in [-0.15, -0.1) is 11.3 Å². The van der Waals surface area contributed by atoms with Gasteiger partial charge in [-0.3, -0.25) is 0 Å². The van der Waals surface area contributed by atoms with Gasteiger partial charge in [-0.2, -0.15) is 0 Å². The number of nitrogens with zero attached hydrogens (tertiary/aromatic N) is 1. The fraction of sp³-hybridized carbons (Fsp3) is 0.308. The highest BCUT2D eigenvalue weighted by Crippen LogP contribution is 2.31. The molecule has 0 unspecified atom stereocenters. The van der Waals surface area contributed by atoms with Crippen LogP contribution in [0.4, 0.5) is 5.13 Å². The van der Waals surface area contributed by atoms with Crippen LogP contribution in [0.15, 0.2) is 27.1 Å². The number of aromatic nitrogens is 1. The predicted octanol–water partition coefficient (Wildman–Crippen LogP) is 4.79. The molecule has 0 amide bonds. The van der Waals surface area contributed by atoms with Gasteiger partial charge in [0.2, 0.25) is 0 Å². The molecule has 0 atom stereocenters. The minimum atomic E-state index is 0.664. The molecule has 0 spiro atoms. The van der Waals surface area contributed by atoms with Crippen LogP contribution >= 0.6 is 43.2 Å². The summed E-state index contributed by atoms with van der Waals surface area (Å²) in [6.07, 6.45) is 2.95. The van der Waals surface area contributed by atoms with Gasteiger partial charge in [0.05, 0.1) is 5.69 Å². The summed E-state index contributed by atoms with van der Waals surface area (Å²) in [6, 6.07) is 6.14. The van der Waals surface area contributed by atoms with Crippen LogP contribution in [0.25, 0.3) is 0 Å². The molecule has 0 aliphatic heterocycles. The van der Waals surface area contributed by atoms with E-state index in [1.165, 1.54) is 10.4 Å². The number of hydrogen-bond donors (Lipinski definition) is 1. The molecule has 2 nitrogen and oxygen atoms in total. The average Bonchev–Trinajstić information content (AvgIpc) is 2.65. The van der Waals surface area contributed by atoms with E-state index in [4.69, 9.17) is 5.73 Å². The fourth-order valence-corrected chi connectivity index (χ4v) is 4.00. The molecule has 2 rings (SSSR count). The molecule has 0 aliphatic carbocycles. The monoisotopic (exact) mass is 388 g/mol. The number of rotatable bonds is 4. The molecule has 0 aliphatic rings. The zero-order valence-corrected chi connectivity index (χ0v) is 14.0. The maximum Gasteiger partial charge on any atom is 0.180 e. The molecule has 18 heavy (non-hydrogen) atoms. The van der Waals surface area contributed by atoms with Crippen molar-refractivity contribution >= 4 is 48.3 Å². The minimum Gasteiger partial charge on any atom is -0.375 e. The van der Waals surface area contributed by atoms with Gasteiger partial charge in [0.15, 0.2) is 5.13 Å². The van der Waals surface area contributed by atoms with Crippen molar-refractivity contribution in [3.63, 3.8) is 0 Å². The number of thiazole rings is 1. The summed E-state index contributed by atoms with van der Waals surface area (Å²) in [6.45, 7) is 2.16. The fourth-order valence-electron chi connectivity index (χ4n) is 1.84. The topological polar surface area (TPSA) is 38.9 Å². The minimum absolute atomic E-state index is 0.664. The van der Waals surface area contributed by atoms with Gasteiger partial charge in [0.1, 0.15) is 0 Å². The highest BCUT2D eigenvalue weighted by Gasteiger charge is 2.13. The summed E-state index contributed by atoms with van der Waals surface area (Å²) in [5.41, 5.74) is 8.21. The zero-order valence-electron chi connectivity index (χ0n) is 10.0. The Hall–Kier alpha value is -0.390. The van der Waals surface area contributed by atoms with Crippen molar-refractivity contribution in [1.29, 1.82) is 0 Å². The van der Waals surface area contributed by atoms with Gasteiger partial charge in [-0.1, -0.05) is 51.3 Å². The predicted molar refractivity (Wildman–Crippen MR) is 85.2 cm³/mol. The van der Waals surface area contributed by atoms with Gasteiger partial charge in [0, 0.05) is 20.2 Å². The first-order valence-electron chi connectivity index (χ1n) is 5.78. The van der Waals surface area contributed by atoms with E-state index < -0.39 is 0 Å². The van der Waals surface area contributed by atoms with Gasteiger partial charge in [0.25, 0.3) is 0 Å². The summed E-state index contributed by atoms with van der Waals surface area (Å²) in [7, 11) is 0. The van der Waals surface area contributed by atoms with E-state index in [2.05, 4.69) is 55.9 Å². The number of halogens is 2. The zero-order chi connectivity index (χ0) is 13.1. The Bertz CT molecular complexity index is 532. The molecule has 1 heterocycles. The third-order valence-corrected chi connectivity index (χ3v) is 5.09. The summed E-state index contributed by atoms with van der Waals surface area (Å²) in [5, 5.41) is 0.664. The molecular weight excluding hydrogens is 376 g/mol. The second-order valence-electron chi connectivity index (χ2n) is 4.05. The molecule has 2 N–H and O–H groups in total. The van der Waals surface area contributed by atoms with E-state index in [0.29, 0.717) is 5.13 Å². The lowest BCUT2D eigenvalue weighted by atomic mass is 10.1. The van der Waals surface area contributed by atoms with Crippen LogP contribution in [0.2, 0.25) is 0 Å². The van der Waals surface area contributed by atoms with Crippen molar-refractivity contribution < 1.29 is 0 Å². The molecule has 5 heteroatoms. The molecule has 2 aromatic rings. The molecule has 0 saturated heterocycles. The lowest BCUT2D eigenvalue weighted by Gasteiger charge is -2.07. The molecule has 0 radical (unpaired) electrons. The smallest absolute Gasteiger partial charge is 0.180 e. The van der Waals surface area contributed by atoms with E-state index in [1.807, 2.05) is 6.07 Å².